The van der Waals surface area contributed by atoms with Crippen LogP contribution < -0.4 is 0 Å². The minimum Gasteiger partial charge on any atom is -0.309 e. The minimum absolute atomic E-state index is 0.0575. The average Bonchev–Trinajstić information content (AvgIpc) is 3.49. The van der Waals surface area contributed by atoms with E-state index in [1.54, 1.807) is 0 Å². The number of carbonyl (C=O) groups is 1. The molecule has 1 aromatic heterocycles. The van der Waals surface area contributed by atoms with Crippen molar-refractivity contribution in [3.8, 4) is 27.9 Å². The Hall–Kier alpha value is -5.21. The Morgan fingerprint density at radius 3 is 1.95 bits per heavy atom. The summed E-state index contributed by atoms with van der Waals surface area (Å²) < 4.78 is 2.44. The highest BCUT2D eigenvalue weighted by molar-refractivity contribution is 6.14. The largest absolute Gasteiger partial charge is 0.309 e. The second-order valence-electron chi connectivity index (χ2n) is 11.7. The highest BCUT2D eigenvalue weighted by Gasteiger charge is 2.39. The van der Waals surface area contributed by atoms with Crippen LogP contribution in [0.5, 0.6) is 0 Å². The summed E-state index contributed by atoms with van der Waals surface area (Å²) in [6.45, 7) is 4.60. The quantitative estimate of drug-likeness (QED) is 0.204. The molecule has 8 rings (SSSR count). The van der Waals surface area contributed by atoms with E-state index < -0.39 is 0 Å². The van der Waals surface area contributed by atoms with Gasteiger partial charge in [0, 0.05) is 33.0 Å². The smallest absolute Gasteiger partial charge is 0.193 e. The first kappa shape index (κ1) is 24.6. The summed E-state index contributed by atoms with van der Waals surface area (Å²) in [4.78, 5) is 13.4. The van der Waals surface area contributed by atoms with E-state index in [0.29, 0.717) is 5.56 Å². The molecule has 200 valence electrons. The summed E-state index contributed by atoms with van der Waals surface area (Å²) in [7, 11) is 0. The summed E-state index contributed by atoms with van der Waals surface area (Å²) in [6.07, 6.45) is 0. The predicted molar refractivity (Wildman–Crippen MR) is 174 cm³/mol. The lowest BCUT2D eigenvalue weighted by molar-refractivity contribution is 0.103. The highest BCUT2D eigenvalue weighted by Crippen LogP contribution is 2.53. The maximum Gasteiger partial charge on any atom is 0.193 e. The maximum absolute atomic E-state index is 13.4. The zero-order chi connectivity index (χ0) is 28.4. The van der Waals surface area contributed by atoms with Crippen molar-refractivity contribution in [3.05, 3.63) is 162 Å². The molecule has 6 aromatic carbocycles. The number of benzene rings is 6. The van der Waals surface area contributed by atoms with Gasteiger partial charge >= 0.3 is 0 Å². The van der Waals surface area contributed by atoms with Crippen LogP contribution >= 0.6 is 0 Å². The van der Waals surface area contributed by atoms with Gasteiger partial charge in [0.1, 0.15) is 0 Å². The van der Waals surface area contributed by atoms with Crippen molar-refractivity contribution in [2.24, 2.45) is 0 Å². The van der Waals surface area contributed by atoms with Crippen molar-refractivity contribution in [1.82, 2.24) is 4.57 Å². The fraction of sp³-hybridized carbons (Fsp3) is 0.0750. The van der Waals surface area contributed by atoms with Gasteiger partial charge in [-0.3, -0.25) is 4.79 Å². The van der Waals surface area contributed by atoms with Gasteiger partial charge in [0.2, 0.25) is 0 Å². The number of hydrogen-bond acceptors (Lipinski definition) is 1. The summed E-state index contributed by atoms with van der Waals surface area (Å²) in [5.74, 6) is 0.0575. The van der Waals surface area contributed by atoms with E-state index in [-0.39, 0.29) is 11.2 Å². The minimum atomic E-state index is -0.305. The third-order valence-corrected chi connectivity index (χ3v) is 8.96. The number of aromatic nitrogens is 1. The zero-order valence-corrected chi connectivity index (χ0v) is 23.6. The molecule has 2 heteroatoms. The Balaban J connectivity index is 1.40. The molecule has 0 radical (unpaired) electrons. The van der Waals surface area contributed by atoms with E-state index in [9.17, 15) is 4.79 Å². The molecule has 0 fully saturated rings. The molecule has 0 saturated carbocycles. The molecule has 2 nitrogen and oxygen atoms in total. The van der Waals surface area contributed by atoms with E-state index in [2.05, 4.69) is 122 Å². The van der Waals surface area contributed by atoms with Crippen LogP contribution in [-0.2, 0) is 5.41 Å². The highest BCUT2D eigenvalue weighted by atomic mass is 16.1. The molecule has 0 amide bonds. The Kier molecular flexibility index (Phi) is 5.36. The molecule has 1 heterocycles. The fourth-order valence-corrected chi connectivity index (χ4v) is 6.95. The second-order valence-corrected chi connectivity index (χ2v) is 11.7. The van der Waals surface area contributed by atoms with Gasteiger partial charge in [0.15, 0.2) is 5.78 Å². The third-order valence-electron chi connectivity index (χ3n) is 8.96. The zero-order valence-electron chi connectivity index (χ0n) is 23.6. The van der Waals surface area contributed by atoms with E-state index in [1.165, 1.54) is 55.2 Å². The third kappa shape index (κ3) is 3.55. The molecule has 0 atom stereocenters. The van der Waals surface area contributed by atoms with Gasteiger partial charge in [0.25, 0.3) is 0 Å². The summed E-state index contributed by atoms with van der Waals surface area (Å²) in [6, 6.07) is 48.5. The van der Waals surface area contributed by atoms with Crippen molar-refractivity contribution < 1.29 is 4.79 Å². The SMILES string of the molecule is CC1(C)c2cc(C(=O)c3ccccc3)ccc2-c2ccc3c4ccc(-c5ccccc5)cc4n(-c4ccccc4)c3c21. The second kappa shape index (κ2) is 9.15. The van der Waals surface area contributed by atoms with Gasteiger partial charge in [-0.15, -0.1) is 0 Å². The number of para-hydroxylation sites is 1. The van der Waals surface area contributed by atoms with Gasteiger partial charge in [0.05, 0.1) is 11.0 Å². The molecule has 0 spiro atoms. The van der Waals surface area contributed by atoms with Crippen molar-refractivity contribution in [2.75, 3.05) is 0 Å². The Bertz CT molecular complexity index is 2150. The molecule has 7 aromatic rings. The number of nitrogens with zero attached hydrogens (tertiary/aromatic N) is 1. The lowest BCUT2D eigenvalue weighted by Crippen LogP contribution is -2.17. The first-order valence-corrected chi connectivity index (χ1v) is 14.5. The van der Waals surface area contributed by atoms with Crippen molar-refractivity contribution in [3.63, 3.8) is 0 Å². The fourth-order valence-electron chi connectivity index (χ4n) is 6.95. The number of fused-ring (bicyclic) bond motifs is 7. The van der Waals surface area contributed by atoms with Crippen LogP contribution in [0.15, 0.2) is 140 Å². The molecular formula is C40H29NO. The van der Waals surface area contributed by atoms with E-state index in [0.717, 1.165) is 11.3 Å². The predicted octanol–water partition coefficient (Wildman–Crippen LogP) is 9.99. The number of hydrogen-bond donors (Lipinski definition) is 0. The summed E-state index contributed by atoms with van der Waals surface area (Å²) in [5, 5.41) is 2.48. The molecule has 1 aliphatic rings. The topological polar surface area (TPSA) is 22.0 Å². The van der Waals surface area contributed by atoms with Gasteiger partial charge in [-0.1, -0.05) is 129 Å². The van der Waals surface area contributed by atoms with Crippen LogP contribution in [0.4, 0.5) is 0 Å². The number of ketones is 1. The lowest BCUT2D eigenvalue weighted by atomic mass is 9.80. The Morgan fingerprint density at radius 1 is 0.571 bits per heavy atom. The van der Waals surface area contributed by atoms with Crippen LogP contribution in [0.2, 0.25) is 0 Å². The molecule has 0 bridgehead atoms. The van der Waals surface area contributed by atoms with Crippen LogP contribution in [0, 0.1) is 0 Å². The molecule has 0 N–H and O–H groups in total. The lowest BCUT2D eigenvalue weighted by Gasteiger charge is -2.24. The monoisotopic (exact) mass is 539 g/mol. The molecule has 0 aliphatic heterocycles. The van der Waals surface area contributed by atoms with Crippen LogP contribution in [-0.4, -0.2) is 10.4 Å². The van der Waals surface area contributed by atoms with Crippen molar-refractivity contribution >= 4 is 27.6 Å². The maximum atomic E-state index is 13.4. The molecule has 42 heavy (non-hydrogen) atoms. The van der Waals surface area contributed by atoms with Gasteiger partial charge in [-0.05, 0) is 57.6 Å². The van der Waals surface area contributed by atoms with Crippen LogP contribution in [0.25, 0.3) is 49.7 Å². The van der Waals surface area contributed by atoms with Gasteiger partial charge < -0.3 is 4.57 Å². The Labute approximate surface area is 245 Å². The average molecular weight is 540 g/mol. The first-order valence-electron chi connectivity index (χ1n) is 14.5. The molecule has 0 saturated heterocycles. The Morgan fingerprint density at radius 2 is 1.21 bits per heavy atom. The molecular weight excluding hydrogens is 510 g/mol. The number of rotatable bonds is 4. The number of carbonyl (C=O) groups excluding carboxylic acids is 1. The van der Waals surface area contributed by atoms with Gasteiger partial charge in [-0.2, -0.15) is 0 Å². The van der Waals surface area contributed by atoms with E-state index in [1.807, 2.05) is 36.4 Å². The molecule has 0 unspecified atom stereocenters. The standard InChI is InChI=1S/C40H29NO/c1-40(2)35-24-29(39(42)27-14-8-4-9-15-27)19-20-31(35)33-22-23-34-32-21-18-28(26-12-6-3-7-13-26)25-36(32)41(38(34)37(33)40)30-16-10-5-11-17-30/h3-25H,1-2H3. The summed E-state index contributed by atoms with van der Waals surface area (Å²) in [5.41, 5.74) is 12.1. The van der Waals surface area contributed by atoms with Crippen molar-refractivity contribution in [1.29, 1.82) is 0 Å². The van der Waals surface area contributed by atoms with E-state index in [4.69, 9.17) is 0 Å². The van der Waals surface area contributed by atoms with Crippen LogP contribution in [0.1, 0.15) is 40.9 Å². The van der Waals surface area contributed by atoms with E-state index >= 15 is 0 Å². The first-order chi connectivity index (χ1) is 20.5. The normalized spacial score (nSPS) is 13.3. The van der Waals surface area contributed by atoms with Crippen molar-refractivity contribution in [2.45, 2.75) is 19.3 Å². The molecule has 1 aliphatic carbocycles. The summed E-state index contributed by atoms with van der Waals surface area (Å²) >= 11 is 0. The van der Waals surface area contributed by atoms with Crippen LogP contribution in [0.3, 0.4) is 0 Å². The van der Waals surface area contributed by atoms with Gasteiger partial charge in [-0.25, -0.2) is 0 Å².